The van der Waals surface area contributed by atoms with E-state index in [1.807, 2.05) is 0 Å². The molecule has 0 aliphatic carbocycles. The smallest absolute Gasteiger partial charge is 0.269 e. The number of carbonyl (C=O) groups excluding carboxylic acids is 2. The number of nitrogens with one attached hydrogen (secondary N) is 2. The molecule has 0 heterocycles. The number of hydrogen-bond acceptors (Lipinski definition) is 9. The van der Waals surface area contributed by atoms with E-state index >= 15 is 0 Å². The molecule has 2 N–H and O–H groups in total. The fraction of sp³-hybridized carbons (Fsp3) is 0.160. The predicted octanol–water partition coefficient (Wildman–Crippen LogP) is 3.87. The highest BCUT2D eigenvalue weighted by Gasteiger charge is 2.11. The van der Waals surface area contributed by atoms with Gasteiger partial charge in [-0.2, -0.15) is 5.10 Å². The van der Waals surface area contributed by atoms with Gasteiger partial charge in [0.05, 0.1) is 36.8 Å². The summed E-state index contributed by atoms with van der Waals surface area (Å²) < 4.78 is 16.2. The SMILES string of the molecule is COc1ccccc1NC(=O)COc1ccc(/C=N\NC(=O)CSc2ccc([N+](=O)[O-])cc2)cc1OC. The number of hydrogen-bond donors (Lipinski definition) is 2. The molecule has 0 saturated carbocycles. The van der Waals surface area contributed by atoms with Crippen molar-refractivity contribution in [3.8, 4) is 17.2 Å². The Kier molecular flexibility index (Phi) is 9.85. The van der Waals surface area contributed by atoms with Crippen LogP contribution >= 0.6 is 11.8 Å². The van der Waals surface area contributed by atoms with Gasteiger partial charge < -0.3 is 19.5 Å². The lowest BCUT2D eigenvalue weighted by Gasteiger charge is -2.12. The summed E-state index contributed by atoms with van der Waals surface area (Å²) in [5, 5.41) is 17.4. The Morgan fingerprint density at radius 3 is 2.41 bits per heavy atom. The number of carbonyl (C=O) groups is 2. The van der Waals surface area contributed by atoms with Crippen molar-refractivity contribution in [2.75, 3.05) is 31.9 Å². The molecule has 3 aromatic carbocycles. The number of anilines is 1. The van der Waals surface area contributed by atoms with Crippen LogP contribution in [0.3, 0.4) is 0 Å². The third kappa shape index (κ3) is 8.25. The first-order valence-electron chi connectivity index (χ1n) is 10.8. The van der Waals surface area contributed by atoms with Gasteiger partial charge in [0.15, 0.2) is 18.1 Å². The normalized spacial score (nSPS) is 10.5. The summed E-state index contributed by atoms with van der Waals surface area (Å²) in [6.07, 6.45) is 1.44. The molecule has 11 nitrogen and oxygen atoms in total. The van der Waals surface area contributed by atoms with Crippen molar-refractivity contribution >= 4 is 41.2 Å². The lowest BCUT2D eigenvalue weighted by molar-refractivity contribution is -0.384. The van der Waals surface area contributed by atoms with Crippen LogP contribution in [-0.4, -0.2) is 49.5 Å². The van der Waals surface area contributed by atoms with E-state index in [0.717, 1.165) is 4.90 Å². The first kappa shape index (κ1) is 27.0. The maximum atomic E-state index is 12.3. The van der Waals surface area contributed by atoms with Crippen molar-refractivity contribution in [3.63, 3.8) is 0 Å². The molecule has 37 heavy (non-hydrogen) atoms. The molecule has 0 atom stereocenters. The average molecular weight is 525 g/mol. The fourth-order valence-corrected chi connectivity index (χ4v) is 3.68. The van der Waals surface area contributed by atoms with Gasteiger partial charge in [0.2, 0.25) is 5.91 Å². The highest BCUT2D eigenvalue weighted by molar-refractivity contribution is 8.00. The molecule has 3 rings (SSSR count). The molecule has 3 aromatic rings. The molecule has 0 fully saturated rings. The molecule has 2 amide bonds. The average Bonchev–Trinajstić information content (AvgIpc) is 2.91. The third-order valence-electron chi connectivity index (χ3n) is 4.75. The van der Waals surface area contributed by atoms with E-state index in [2.05, 4.69) is 15.8 Å². The summed E-state index contributed by atoms with van der Waals surface area (Å²) in [6.45, 7) is -0.246. The molecule has 0 spiro atoms. The standard InChI is InChI=1S/C25H24N4O7S/c1-34-21-6-4-3-5-20(21)27-24(30)15-36-22-12-7-17(13-23(22)35-2)14-26-28-25(31)16-37-19-10-8-18(9-11-19)29(32)33/h3-14H,15-16H2,1-2H3,(H,27,30)(H,28,31)/b26-14-. The number of para-hydroxylation sites is 2. The summed E-state index contributed by atoms with van der Waals surface area (Å²) in [6, 6.07) is 17.9. The van der Waals surface area contributed by atoms with E-state index in [1.165, 1.54) is 44.3 Å². The highest BCUT2D eigenvalue weighted by atomic mass is 32.2. The number of benzene rings is 3. The van der Waals surface area contributed by atoms with E-state index in [4.69, 9.17) is 14.2 Å². The fourth-order valence-electron chi connectivity index (χ4n) is 2.99. The van der Waals surface area contributed by atoms with Crippen molar-refractivity contribution in [1.29, 1.82) is 0 Å². The highest BCUT2D eigenvalue weighted by Crippen LogP contribution is 2.28. The third-order valence-corrected chi connectivity index (χ3v) is 5.76. The Labute approximate surface area is 217 Å². The van der Waals surface area contributed by atoms with Crippen molar-refractivity contribution in [2.24, 2.45) is 5.10 Å². The van der Waals surface area contributed by atoms with Crippen molar-refractivity contribution in [3.05, 3.63) is 82.4 Å². The number of rotatable bonds is 12. The maximum Gasteiger partial charge on any atom is 0.269 e. The number of nitro groups is 1. The van der Waals surface area contributed by atoms with Crippen molar-refractivity contribution in [2.45, 2.75) is 4.90 Å². The molecular weight excluding hydrogens is 500 g/mol. The number of thioether (sulfide) groups is 1. The van der Waals surface area contributed by atoms with Gasteiger partial charge in [0.25, 0.3) is 11.6 Å². The minimum Gasteiger partial charge on any atom is -0.495 e. The Morgan fingerprint density at radius 2 is 1.70 bits per heavy atom. The quantitative estimate of drug-likeness (QED) is 0.157. The number of amides is 2. The van der Waals surface area contributed by atoms with Crippen molar-refractivity contribution in [1.82, 2.24) is 5.43 Å². The van der Waals surface area contributed by atoms with Crippen LogP contribution in [0.15, 0.2) is 76.7 Å². The first-order valence-corrected chi connectivity index (χ1v) is 11.8. The Morgan fingerprint density at radius 1 is 0.973 bits per heavy atom. The Bertz CT molecular complexity index is 1280. The van der Waals surface area contributed by atoms with Crippen LogP contribution in [0.5, 0.6) is 17.2 Å². The van der Waals surface area contributed by atoms with E-state index in [9.17, 15) is 19.7 Å². The number of hydrazone groups is 1. The molecule has 0 bridgehead atoms. The predicted molar refractivity (Wildman–Crippen MR) is 140 cm³/mol. The first-order chi connectivity index (χ1) is 17.9. The second-order valence-electron chi connectivity index (χ2n) is 7.28. The van der Waals surface area contributed by atoms with Gasteiger partial charge in [-0.3, -0.25) is 19.7 Å². The van der Waals surface area contributed by atoms with E-state index in [1.54, 1.807) is 54.6 Å². The monoisotopic (exact) mass is 524 g/mol. The van der Waals surface area contributed by atoms with E-state index in [0.29, 0.717) is 28.5 Å². The summed E-state index contributed by atoms with van der Waals surface area (Å²) in [7, 11) is 2.98. The van der Waals surface area contributed by atoms with Crippen molar-refractivity contribution < 1.29 is 28.7 Å². The Hall–Kier alpha value is -4.58. The molecular formula is C25H24N4O7S. The zero-order valence-electron chi connectivity index (χ0n) is 20.0. The zero-order valence-corrected chi connectivity index (χ0v) is 20.8. The van der Waals surface area contributed by atoms with Crippen LogP contribution in [0.25, 0.3) is 0 Å². The lowest BCUT2D eigenvalue weighted by Crippen LogP contribution is -2.20. The second kappa shape index (κ2) is 13.5. The van der Waals surface area contributed by atoms with Gasteiger partial charge in [0, 0.05) is 17.0 Å². The molecule has 192 valence electrons. The van der Waals surface area contributed by atoms with Crippen LogP contribution in [0.4, 0.5) is 11.4 Å². The summed E-state index contributed by atoms with van der Waals surface area (Å²) in [5.74, 6) is 0.656. The summed E-state index contributed by atoms with van der Waals surface area (Å²) in [4.78, 5) is 35.3. The number of methoxy groups -OCH3 is 2. The van der Waals surface area contributed by atoms with Gasteiger partial charge in [-0.05, 0) is 48.0 Å². The van der Waals surface area contributed by atoms with Crippen LogP contribution in [0.1, 0.15) is 5.56 Å². The topological polar surface area (TPSA) is 141 Å². The lowest BCUT2D eigenvalue weighted by atomic mass is 10.2. The van der Waals surface area contributed by atoms with E-state index < -0.39 is 4.92 Å². The minimum absolute atomic E-state index is 0.0126. The van der Waals surface area contributed by atoms with E-state index in [-0.39, 0.29) is 29.9 Å². The van der Waals surface area contributed by atoms with Gasteiger partial charge in [0.1, 0.15) is 5.75 Å². The molecule has 0 aliphatic rings. The molecule has 0 saturated heterocycles. The van der Waals surface area contributed by atoms with Gasteiger partial charge in [-0.1, -0.05) is 12.1 Å². The zero-order chi connectivity index (χ0) is 26.6. The molecule has 0 unspecified atom stereocenters. The van der Waals surface area contributed by atoms with Gasteiger partial charge in [-0.25, -0.2) is 5.43 Å². The molecule has 0 aromatic heterocycles. The molecule has 0 radical (unpaired) electrons. The second-order valence-corrected chi connectivity index (χ2v) is 8.33. The van der Waals surface area contributed by atoms with Crippen LogP contribution in [0.2, 0.25) is 0 Å². The van der Waals surface area contributed by atoms with Gasteiger partial charge in [-0.15, -0.1) is 11.8 Å². The number of non-ortho nitro benzene ring substituents is 1. The van der Waals surface area contributed by atoms with Crippen LogP contribution in [0, 0.1) is 10.1 Å². The Balaban J connectivity index is 1.48. The van der Waals surface area contributed by atoms with Crippen LogP contribution in [-0.2, 0) is 9.59 Å². The van der Waals surface area contributed by atoms with Gasteiger partial charge >= 0.3 is 0 Å². The number of nitrogens with zero attached hydrogens (tertiary/aromatic N) is 2. The van der Waals surface area contributed by atoms with Crippen LogP contribution < -0.4 is 25.0 Å². The molecule has 12 heteroatoms. The number of nitro benzene ring substituents is 1. The maximum absolute atomic E-state index is 12.3. The number of ether oxygens (including phenoxy) is 3. The molecule has 0 aliphatic heterocycles. The minimum atomic E-state index is -0.482. The summed E-state index contributed by atoms with van der Waals surface area (Å²) >= 11 is 1.23. The largest absolute Gasteiger partial charge is 0.495 e. The summed E-state index contributed by atoms with van der Waals surface area (Å²) in [5.41, 5.74) is 3.57.